The molecule has 1 heterocycles. The number of rotatable bonds is 7. The molecule has 5 nitrogen and oxygen atoms in total. The largest absolute Gasteiger partial charge is 0.493 e. The van der Waals surface area contributed by atoms with Crippen LogP contribution in [0.15, 0.2) is 60.8 Å². The zero-order valence-electron chi connectivity index (χ0n) is 16.0. The molecule has 0 amide bonds. The molecule has 0 aliphatic heterocycles. The van der Waals surface area contributed by atoms with Crippen LogP contribution in [0.2, 0.25) is 0 Å². The van der Waals surface area contributed by atoms with Crippen molar-refractivity contribution in [3.05, 3.63) is 77.6 Å². The summed E-state index contributed by atoms with van der Waals surface area (Å²) < 4.78 is 49.8. The van der Waals surface area contributed by atoms with Gasteiger partial charge in [0.2, 0.25) is 5.95 Å². The summed E-state index contributed by atoms with van der Waals surface area (Å²) in [5.41, 5.74) is 0.870. The number of aromatic nitrogens is 2. The highest BCUT2D eigenvalue weighted by molar-refractivity contribution is 5.44. The Morgan fingerprint density at radius 1 is 0.966 bits per heavy atom. The molecule has 3 rings (SSSR count). The van der Waals surface area contributed by atoms with Gasteiger partial charge in [-0.3, -0.25) is 0 Å². The van der Waals surface area contributed by atoms with Crippen molar-refractivity contribution in [2.24, 2.45) is 0 Å². The predicted molar refractivity (Wildman–Crippen MR) is 103 cm³/mol. The maximum Gasteiger partial charge on any atom is 0.433 e. The molecule has 0 saturated carbocycles. The van der Waals surface area contributed by atoms with E-state index >= 15 is 0 Å². The van der Waals surface area contributed by atoms with Crippen molar-refractivity contribution in [1.29, 1.82) is 0 Å². The van der Waals surface area contributed by atoms with E-state index in [1.807, 2.05) is 36.4 Å². The molecule has 0 bridgehead atoms. The van der Waals surface area contributed by atoms with Crippen molar-refractivity contribution in [3.8, 4) is 11.5 Å². The highest BCUT2D eigenvalue weighted by Crippen LogP contribution is 2.30. The van der Waals surface area contributed by atoms with Gasteiger partial charge in [0.05, 0.1) is 7.11 Å². The number of halogens is 3. The van der Waals surface area contributed by atoms with Crippen LogP contribution in [0.5, 0.6) is 11.5 Å². The average molecular weight is 403 g/mol. The second kappa shape index (κ2) is 8.81. The smallest absolute Gasteiger partial charge is 0.433 e. The molecule has 1 aromatic heterocycles. The second-order valence-electron chi connectivity index (χ2n) is 6.36. The lowest BCUT2D eigenvalue weighted by Gasteiger charge is -2.19. The summed E-state index contributed by atoms with van der Waals surface area (Å²) >= 11 is 0. The minimum absolute atomic E-state index is 0.0109. The van der Waals surface area contributed by atoms with Crippen LogP contribution in [0.3, 0.4) is 0 Å². The fraction of sp³-hybridized carbons (Fsp3) is 0.238. The van der Waals surface area contributed by atoms with Crippen molar-refractivity contribution in [2.75, 3.05) is 19.1 Å². The van der Waals surface area contributed by atoms with E-state index in [1.165, 1.54) is 12.0 Å². The Morgan fingerprint density at radius 2 is 1.72 bits per heavy atom. The molecule has 0 unspecified atom stereocenters. The summed E-state index contributed by atoms with van der Waals surface area (Å²) in [5, 5.41) is 0. The molecule has 0 atom stereocenters. The first kappa shape index (κ1) is 20.4. The highest BCUT2D eigenvalue weighted by Gasteiger charge is 2.33. The number of methoxy groups -OCH3 is 1. The lowest BCUT2D eigenvalue weighted by molar-refractivity contribution is -0.141. The van der Waals surface area contributed by atoms with Crippen molar-refractivity contribution >= 4 is 5.95 Å². The van der Waals surface area contributed by atoms with Gasteiger partial charge in [-0.1, -0.05) is 36.4 Å². The third-order valence-corrected chi connectivity index (χ3v) is 4.16. The van der Waals surface area contributed by atoms with Crippen LogP contribution in [0.1, 0.15) is 16.8 Å². The first-order chi connectivity index (χ1) is 13.9. The molecule has 152 valence electrons. The maximum absolute atomic E-state index is 12.9. The van der Waals surface area contributed by atoms with E-state index in [9.17, 15) is 13.2 Å². The fourth-order valence-electron chi connectivity index (χ4n) is 2.70. The lowest BCUT2D eigenvalue weighted by atomic mass is 10.2. The number of alkyl halides is 3. The van der Waals surface area contributed by atoms with Crippen molar-refractivity contribution < 1.29 is 22.6 Å². The molecule has 0 aliphatic rings. The molecule has 3 aromatic rings. The van der Waals surface area contributed by atoms with Gasteiger partial charge in [-0.25, -0.2) is 9.97 Å². The molecule has 0 radical (unpaired) electrons. The van der Waals surface area contributed by atoms with Crippen LogP contribution in [0.4, 0.5) is 19.1 Å². The van der Waals surface area contributed by atoms with E-state index in [-0.39, 0.29) is 5.95 Å². The number of nitrogens with zero attached hydrogens (tertiary/aromatic N) is 3. The van der Waals surface area contributed by atoms with Crippen LogP contribution in [-0.4, -0.2) is 24.1 Å². The van der Waals surface area contributed by atoms with E-state index in [4.69, 9.17) is 9.47 Å². The van der Waals surface area contributed by atoms with Gasteiger partial charge in [-0.15, -0.1) is 0 Å². The van der Waals surface area contributed by atoms with E-state index in [1.54, 1.807) is 19.2 Å². The SMILES string of the molecule is COc1cc(CN(C)c2nccc(C(F)(F)F)n2)ccc1OCc1ccccc1. The van der Waals surface area contributed by atoms with Gasteiger partial charge in [-0.2, -0.15) is 13.2 Å². The number of hydrogen-bond acceptors (Lipinski definition) is 5. The van der Waals surface area contributed by atoms with Gasteiger partial charge < -0.3 is 14.4 Å². The monoisotopic (exact) mass is 403 g/mol. The summed E-state index contributed by atoms with van der Waals surface area (Å²) in [7, 11) is 3.16. The summed E-state index contributed by atoms with van der Waals surface area (Å²) in [6.45, 7) is 0.700. The normalized spacial score (nSPS) is 11.2. The van der Waals surface area contributed by atoms with Gasteiger partial charge >= 0.3 is 6.18 Å². The van der Waals surface area contributed by atoms with Crippen LogP contribution in [0, 0.1) is 0 Å². The summed E-state index contributed by atoms with van der Waals surface area (Å²) in [5.74, 6) is 1.11. The number of ether oxygens (including phenoxy) is 2. The van der Waals surface area contributed by atoms with Gasteiger partial charge in [-0.05, 0) is 29.3 Å². The third-order valence-electron chi connectivity index (χ3n) is 4.16. The van der Waals surface area contributed by atoms with Crippen LogP contribution >= 0.6 is 0 Å². The number of hydrogen-bond donors (Lipinski definition) is 0. The molecule has 29 heavy (non-hydrogen) atoms. The van der Waals surface area contributed by atoms with Crippen molar-refractivity contribution in [1.82, 2.24) is 9.97 Å². The van der Waals surface area contributed by atoms with Crippen LogP contribution in [-0.2, 0) is 19.3 Å². The fourth-order valence-corrected chi connectivity index (χ4v) is 2.70. The molecule has 8 heteroatoms. The highest BCUT2D eigenvalue weighted by atomic mass is 19.4. The first-order valence-electron chi connectivity index (χ1n) is 8.82. The van der Waals surface area contributed by atoms with Gasteiger partial charge in [0.1, 0.15) is 12.3 Å². The minimum atomic E-state index is -4.51. The van der Waals surface area contributed by atoms with Gasteiger partial charge in [0, 0.05) is 19.8 Å². The number of benzene rings is 2. The van der Waals surface area contributed by atoms with Crippen molar-refractivity contribution in [3.63, 3.8) is 0 Å². The molecule has 2 aromatic carbocycles. The van der Waals surface area contributed by atoms with Gasteiger partial charge in [0.25, 0.3) is 0 Å². The van der Waals surface area contributed by atoms with E-state index in [0.29, 0.717) is 24.7 Å². The molecule has 0 N–H and O–H groups in total. The quantitative estimate of drug-likeness (QED) is 0.571. The Balaban J connectivity index is 1.71. The molecular weight excluding hydrogens is 383 g/mol. The average Bonchev–Trinajstić information content (AvgIpc) is 2.73. The third kappa shape index (κ3) is 5.37. The van der Waals surface area contributed by atoms with Crippen molar-refractivity contribution in [2.45, 2.75) is 19.3 Å². The summed E-state index contributed by atoms with van der Waals surface area (Å²) in [4.78, 5) is 9.06. The zero-order valence-corrected chi connectivity index (χ0v) is 16.0. The standard InChI is InChI=1S/C21H20F3N3O2/c1-27(20-25-11-10-19(26-20)21(22,23)24)13-16-8-9-17(18(12-16)28-2)29-14-15-6-4-3-5-7-15/h3-12H,13-14H2,1-2H3. The molecule has 0 fully saturated rings. The number of anilines is 1. The molecule has 0 saturated heterocycles. The second-order valence-corrected chi connectivity index (χ2v) is 6.36. The Kier molecular flexibility index (Phi) is 6.21. The Bertz CT molecular complexity index is 949. The van der Waals surface area contributed by atoms with Crippen LogP contribution in [0.25, 0.3) is 0 Å². The zero-order chi connectivity index (χ0) is 20.9. The van der Waals surface area contributed by atoms with Gasteiger partial charge in [0.15, 0.2) is 11.5 Å². The Morgan fingerprint density at radius 3 is 2.41 bits per heavy atom. The Hall–Kier alpha value is -3.29. The lowest BCUT2D eigenvalue weighted by Crippen LogP contribution is -2.21. The summed E-state index contributed by atoms with van der Waals surface area (Å²) in [6.07, 6.45) is -3.41. The molecule has 0 aliphatic carbocycles. The maximum atomic E-state index is 12.9. The summed E-state index contributed by atoms with van der Waals surface area (Å²) in [6, 6.07) is 16.0. The van der Waals surface area contributed by atoms with E-state index < -0.39 is 11.9 Å². The molecule has 0 spiro atoms. The minimum Gasteiger partial charge on any atom is -0.493 e. The predicted octanol–water partition coefficient (Wildman–Crippen LogP) is 4.72. The van der Waals surface area contributed by atoms with Crippen LogP contribution < -0.4 is 14.4 Å². The van der Waals surface area contributed by atoms with E-state index in [0.717, 1.165) is 23.4 Å². The van der Waals surface area contributed by atoms with E-state index in [2.05, 4.69) is 9.97 Å². The Labute approximate surface area is 166 Å². The topological polar surface area (TPSA) is 47.5 Å². The first-order valence-corrected chi connectivity index (χ1v) is 8.82. The molecular formula is C21H20F3N3O2.